The molecule has 0 fully saturated rings. The summed E-state index contributed by atoms with van der Waals surface area (Å²) in [6.07, 6.45) is 2.95. The lowest BCUT2D eigenvalue weighted by Gasteiger charge is -2.07. The summed E-state index contributed by atoms with van der Waals surface area (Å²) in [5.41, 5.74) is 1.61. The number of benzene rings is 2. The second kappa shape index (κ2) is 8.60. The molecule has 0 atom stereocenters. The van der Waals surface area contributed by atoms with Crippen LogP contribution in [0.5, 0.6) is 0 Å². The molecule has 1 amide bonds. The van der Waals surface area contributed by atoms with Gasteiger partial charge in [-0.05, 0) is 62.7 Å². The molecule has 2 aromatic carbocycles. The Balaban J connectivity index is 1.44. The Labute approximate surface area is 162 Å². The van der Waals surface area contributed by atoms with Gasteiger partial charge in [-0.2, -0.15) is 0 Å². The number of hydrogen-bond acceptors (Lipinski definition) is 5. The van der Waals surface area contributed by atoms with Crippen molar-refractivity contribution >= 4 is 43.2 Å². The van der Waals surface area contributed by atoms with Crippen LogP contribution in [0.15, 0.2) is 53.4 Å². The van der Waals surface area contributed by atoms with E-state index in [0.717, 1.165) is 29.8 Å². The second-order valence-electron chi connectivity index (χ2n) is 6.06. The zero-order chi connectivity index (χ0) is 19.3. The molecule has 2 N–H and O–H groups in total. The molecule has 3 aromatic rings. The molecule has 0 radical (unpaired) electrons. The van der Waals surface area contributed by atoms with Crippen LogP contribution in [0.4, 0.5) is 5.69 Å². The number of anilines is 1. The van der Waals surface area contributed by atoms with Gasteiger partial charge < -0.3 is 5.32 Å². The van der Waals surface area contributed by atoms with Crippen molar-refractivity contribution in [3.8, 4) is 0 Å². The van der Waals surface area contributed by atoms with Crippen molar-refractivity contribution in [3.63, 3.8) is 0 Å². The van der Waals surface area contributed by atoms with Crippen LogP contribution in [0.25, 0.3) is 10.2 Å². The van der Waals surface area contributed by atoms with Gasteiger partial charge in [0, 0.05) is 12.1 Å². The highest BCUT2D eigenvalue weighted by atomic mass is 32.2. The molecule has 6 nitrogen and oxygen atoms in total. The van der Waals surface area contributed by atoms with Gasteiger partial charge in [0.05, 0.1) is 20.1 Å². The second-order valence-corrected chi connectivity index (χ2v) is 9.06. The lowest BCUT2D eigenvalue weighted by atomic mass is 10.2. The predicted molar refractivity (Wildman–Crippen MR) is 108 cm³/mol. The Morgan fingerprint density at radius 1 is 1.07 bits per heavy atom. The number of carbonyl (C=O) groups excluding carboxylic acids is 1. The fraction of sp³-hybridized carbons (Fsp3) is 0.263. The van der Waals surface area contributed by atoms with Gasteiger partial charge in [0.1, 0.15) is 0 Å². The third-order valence-electron chi connectivity index (χ3n) is 4.10. The molecule has 0 aliphatic heterocycles. The standard InChI is InChI=1S/C19H21N3O3S2/c1-20-27(24,25)15-12-10-14(11-13-15)21-18(23)8-4-5-9-19-22-16-6-2-3-7-17(16)26-19/h2-3,6-7,10-13,20H,4-5,8-9H2,1H3,(H,21,23). The number of thiazole rings is 1. The number of rotatable bonds is 8. The summed E-state index contributed by atoms with van der Waals surface area (Å²) >= 11 is 1.70. The Hall–Kier alpha value is -2.29. The molecule has 1 aromatic heterocycles. The zero-order valence-corrected chi connectivity index (χ0v) is 16.6. The minimum atomic E-state index is -3.46. The number of hydrogen-bond donors (Lipinski definition) is 2. The fourth-order valence-corrected chi connectivity index (χ4v) is 4.39. The number of aryl methyl sites for hydroxylation is 1. The van der Waals surface area contributed by atoms with Crippen molar-refractivity contribution in [1.29, 1.82) is 0 Å². The predicted octanol–water partition coefficient (Wildman–Crippen LogP) is 3.56. The van der Waals surface area contributed by atoms with Crippen LogP contribution in [0.3, 0.4) is 0 Å². The normalized spacial score (nSPS) is 11.6. The highest BCUT2D eigenvalue weighted by Crippen LogP contribution is 2.23. The van der Waals surface area contributed by atoms with E-state index in [0.29, 0.717) is 12.1 Å². The lowest BCUT2D eigenvalue weighted by Crippen LogP contribution is -2.18. The van der Waals surface area contributed by atoms with Crippen molar-refractivity contribution in [2.75, 3.05) is 12.4 Å². The topological polar surface area (TPSA) is 88.2 Å². The van der Waals surface area contributed by atoms with Crippen molar-refractivity contribution in [3.05, 3.63) is 53.5 Å². The van der Waals surface area contributed by atoms with Crippen LogP contribution in [-0.4, -0.2) is 26.4 Å². The smallest absolute Gasteiger partial charge is 0.240 e. The van der Waals surface area contributed by atoms with E-state index in [1.807, 2.05) is 18.2 Å². The molecular formula is C19H21N3O3S2. The monoisotopic (exact) mass is 403 g/mol. The minimum absolute atomic E-state index is 0.0801. The number of sulfonamides is 1. The summed E-state index contributed by atoms with van der Waals surface area (Å²) < 4.78 is 26.8. The summed E-state index contributed by atoms with van der Waals surface area (Å²) in [6.45, 7) is 0. The summed E-state index contributed by atoms with van der Waals surface area (Å²) in [6, 6.07) is 14.2. The lowest BCUT2D eigenvalue weighted by molar-refractivity contribution is -0.116. The van der Waals surface area contributed by atoms with Crippen molar-refractivity contribution in [1.82, 2.24) is 9.71 Å². The van der Waals surface area contributed by atoms with Gasteiger partial charge in [-0.15, -0.1) is 11.3 Å². The number of para-hydroxylation sites is 1. The van der Waals surface area contributed by atoms with E-state index in [9.17, 15) is 13.2 Å². The van der Waals surface area contributed by atoms with E-state index in [2.05, 4.69) is 21.1 Å². The maximum Gasteiger partial charge on any atom is 0.240 e. The van der Waals surface area contributed by atoms with Crippen LogP contribution < -0.4 is 10.0 Å². The maximum atomic E-state index is 12.0. The molecule has 0 bridgehead atoms. The first-order valence-electron chi connectivity index (χ1n) is 8.66. The van der Waals surface area contributed by atoms with Crippen LogP contribution in [-0.2, 0) is 21.2 Å². The third-order valence-corrected chi connectivity index (χ3v) is 6.63. The maximum absolute atomic E-state index is 12.0. The summed E-state index contributed by atoms with van der Waals surface area (Å²) in [7, 11) is -2.10. The van der Waals surface area contributed by atoms with Crippen LogP contribution in [0.1, 0.15) is 24.3 Å². The number of fused-ring (bicyclic) bond motifs is 1. The summed E-state index contributed by atoms with van der Waals surface area (Å²) in [4.78, 5) is 16.8. The van der Waals surface area contributed by atoms with Gasteiger partial charge in [0.2, 0.25) is 15.9 Å². The molecular weight excluding hydrogens is 382 g/mol. The highest BCUT2D eigenvalue weighted by molar-refractivity contribution is 7.89. The SMILES string of the molecule is CNS(=O)(=O)c1ccc(NC(=O)CCCCc2nc3ccccc3s2)cc1. The van der Waals surface area contributed by atoms with Crippen molar-refractivity contribution in [2.45, 2.75) is 30.6 Å². The van der Waals surface area contributed by atoms with Gasteiger partial charge >= 0.3 is 0 Å². The van der Waals surface area contributed by atoms with Crippen molar-refractivity contribution in [2.24, 2.45) is 0 Å². The first-order valence-corrected chi connectivity index (χ1v) is 11.0. The number of carbonyl (C=O) groups is 1. The number of nitrogens with one attached hydrogen (secondary N) is 2. The number of amides is 1. The van der Waals surface area contributed by atoms with E-state index in [1.165, 1.54) is 23.9 Å². The number of aromatic nitrogens is 1. The highest BCUT2D eigenvalue weighted by Gasteiger charge is 2.11. The molecule has 8 heteroatoms. The molecule has 0 saturated carbocycles. The van der Waals surface area contributed by atoms with Gasteiger partial charge in [0.15, 0.2) is 0 Å². The van der Waals surface area contributed by atoms with E-state index in [1.54, 1.807) is 23.5 Å². The van der Waals surface area contributed by atoms with Gasteiger partial charge in [0.25, 0.3) is 0 Å². The molecule has 0 aliphatic rings. The Bertz CT molecular complexity index is 995. The number of unbranched alkanes of at least 4 members (excludes halogenated alkanes) is 1. The average Bonchev–Trinajstić information content (AvgIpc) is 3.08. The summed E-state index contributed by atoms with van der Waals surface area (Å²) in [5.74, 6) is -0.0801. The third kappa shape index (κ3) is 5.12. The van der Waals surface area contributed by atoms with Crippen molar-refractivity contribution < 1.29 is 13.2 Å². The summed E-state index contributed by atoms with van der Waals surface area (Å²) in [5, 5.41) is 3.89. The molecule has 27 heavy (non-hydrogen) atoms. The molecule has 0 unspecified atom stereocenters. The average molecular weight is 404 g/mol. The first-order chi connectivity index (χ1) is 13.0. The van der Waals surface area contributed by atoms with Gasteiger partial charge in [-0.3, -0.25) is 4.79 Å². The van der Waals surface area contributed by atoms with E-state index < -0.39 is 10.0 Å². The van der Waals surface area contributed by atoms with E-state index in [4.69, 9.17) is 0 Å². The quantitative estimate of drug-likeness (QED) is 0.563. The zero-order valence-electron chi connectivity index (χ0n) is 14.9. The molecule has 0 saturated heterocycles. The molecule has 142 valence electrons. The van der Waals surface area contributed by atoms with Crippen LogP contribution in [0.2, 0.25) is 0 Å². The van der Waals surface area contributed by atoms with Gasteiger partial charge in [-0.25, -0.2) is 18.1 Å². The van der Waals surface area contributed by atoms with Crippen LogP contribution >= 0.6 is 11.3 Å². The molecule has 3 rings (SSSR count). The molecule has 1 heterocycles. The van der Waals surface area contributed by atoms with E-state index in [-0.39, 0.29) is 10.8 Å². The number of nitrogens with zero attached hydrogens (tertiary/aromatic N) is 1. The largest absolute Gasteiger partial charge is 0.326 e. The molecule has 0 spiro atoms. The van der Waals surface area contributed by atoms with Gasteiger partial charge in [-0.1, -0.05) is 12.1 Å². The Kier molecular flexibility index (Phi) is 6.20. The Morgan fingerprint density at radius 2 is 1.81 bits per heavy atom. The Morgan fingerprint density at radius 3 is 2.52 bits per heavy atom. The first kappa shape index (κ1) is 19.5. The fourth-order valence-electron chi connectivity index (χ4n) is 2.65. The van der Waals surface area contributed by atoms with E-state index >= 15 is 0 Å². The molecule has 0 aliphatic carbocycles. The van der Waals surface area contributed by atoms with Crippen LogP contribution in [0, 0.1) is 0 Å². The minimum Gasteiger partial charge on any atom is -0.326 e.